The number of imidazole rings is 1. The van der Waals surface area contributed by atoms with Crippen molar-refractivity contribution in [2.75, 3.05) is 0 Å². The zero-order valence-corrected chi connectivity index (χ0v) is 14.3. The van der Waals surface area contributed by atoms with E-state index in [2.05, 4.69) is 44.1 Å². The molecule has 2 aromatic heterocycles. The van der Waals surface area contributed by atoms with Crippen molar-refractivity contribution in [3.05, 3.63) is 78.5 Å². The minimum absolute atomic E-state index is 0.0462. The number of aromatic amines is 1. The number of fused-ring (bicyclic) bond motifs is 2. The third-order valence-electron chi connectivity index (χ3n) is 5.56. The Morgan fingerprint density at radius 1 is 1.27 bits per heavy atom. The van der Waals surface area contributed by atoms with E-state index in [0.29, 0.717) is 0 Å². The predicted octanol–water partition coefficient (Wildman–Crippen LogP) is 3.35. The number of nitrogens with zero attached hydrogens (tertiary/aromatic N) is 2. The molecule has 2 N–H and O–H groups in total. The molecule has 1 saturated heterocycles. The number of hydrogen-bond acceptors (Lipinski definition) is 2. The van der Waals surface area contributed by atoms with Crippen LogP contribution in [0.5, 0.6) is 0 Å². The number of piperidine rings is 1. The van der Waals surface area contributed by atoms with Gasteiger partial charge in [0.25, 0.3) is 0 Å². The number of nitrogens with one attached hydrogen (secondary N) is 2. The van der Waals surface area contributed by atoms with Crippen molar-refractivity contribution >= 4 is 16.8 Å². The van der Waals surface area contributed by atoms with Gasteiger partial charge in [0.05, 0.1) is 12.4 Å². The van der Waals surface area contributed by atoms with E-state index in [-0.39, 0.29) is 23.8 Å². The van der Waals surface area contributed by atoms with Gasteiger partial charge in [-0.1, -0.05) is 36.4 Å². The maximum atomic E-state index is 12.7. The Morgan fingerprint density at radius 2 is 2.19 bits per heavy atom. The van der Waals surface area contributed by atoms with Crippen molar-refractivity contribution in [2.24, 2.45) is 11.8 Å². The van der Waals surface area contributed by atoms with Crippen molar-refractivity contribution in [3.63, 3.8) is 0 Å². The Kier molecular flexibility index (Phi) is 3.52. The highest BCUT2D eigenvalue weighted by Crippen LogP contribution is 2.41. The molecule has 2 aliphatic rings. The van der Waals surface area contributed by atoms with Gasteiger partial charge in [-0.25, -0.2) is 4.98 Å². The summed E-state index contributed by atoms with van der Waals surface area (Å²) in [5.74, 6) is 0.517. The normalized spacial score (nSPS) is 25.0. The zero-order valence-electron chi connectivity index (χ0n) is 14.3. The summed E-state index contributed by atoms with van der Waals surface area (Å²) in [5.41, 5.74) is 3.06. The largest absolute Gasteiger partial charge is 0.357 e. The lowest BCUT2D eigenvalue weighted by atomic mass is 9.73. The molecule has 5 heteroatoms. The van der Waals surface area contributed by atoms with Crippen LogP contribution in [0.3, 0.4) is 0 Å². The molecule has 1 fully saturated rings. The molecule has 3 atom stereocenters. The summed E-state index contributed by atoms with van der Waals surface area (Å²) in [6, 6.07) is 10.3. The first kappa shape index (κ1) is 15.2. The molecule has 1 aliphatic heterocycles. The van der Waals surface area contributed by atoms with Crippen LogP contribution in [-0.4, -0.2) is 20.4 Å². The van der Waals surface area contributed by atoms with Crippen LogP contribution >= 0.6 is 0 Å². The Morgan fingerprint density at radius 3 is 3.04 bits per heavy atom. The van der Waals surface area contributed by atoms with E-state index in [4.69, 9.17) is 0 Å². The molecule has 0 radical (unpaired) electrons. The topological polar surface area (TPSA) is 62.7 Å². The van der Waals surface area contributed by atoms with Crippen LogP contribution in [0.4, 0.5) is 0 Å². The number of allylic oxidation sites excluding steroid dienone is 3. The monoisotopic (exact) mass is 344 g/mol. The molecule has 3 heterocycles. The van der Waals surface area contributed by atoms with Gasteiger partial charge in [0, 0.05) is 41.6 Å². The molecular formula is C21H20N4O. The second kappa shape index (κ2) is 6.02. The molecule has 1 amide bonds. The fraction of sp³-hybridized carbons (Fsp3) is 0.238. The SMILES string of the molecule is O=C1NC(c2cc3ccccc3[nH]2)C(Cn2ccnc2)C2CC=CC=C12. The summed E-state index contributed by atoms with van der Waals surface area (Å²) in [6.45, 7) is 0.816. The van der Waals surface area contributed by atoms with E-state index in [9.17, 15) is 4.79 Å². The molecule has 3 unspecified atom stereocenters. The fourth-order valence-electron chi connectivity index (χ4n) is 4.30. The minimum Gasteiger partial charge on any atom is -0.357 e. The third kappa shape index (κ3) is 2.47. The molecule has 5 nitrogen and oxygen atoms in total. The van der Waals surface area contributed by atoms with E-state index in [0.717, 1.165) is 29.7 Å². The van der Waals surface area contributed by atoms with Gasteiger partial charge in [0.15, 0.2) is 0 Å². The van der Waals surface area contributed by atoms with E-state index in [1.807, 2.05) is 36.8 Å². The first-order valence-corrected chi connectivity index (χ1v) is 9.00. The predicted molar refractivity (Wildman–Crippen MR) is 100 cm³/mol. The Hall–Kier alpha value is -3.08. The number of para-hydroxylation sites is 1. The average molecular weight is 344 g/mol. The van der Waals surface area contributed by atoms with Gasteiger partial charge in [-0.05, 0) is 29.9 Å². The summed E-state index contributed by atoms with van der Waals surface area (Å²) < 4.78 is 2.10. The molecule has 0 bridgehead atoms. The lowest BCUT2D eigenvalue weighted by Crippen LogP contribution is -2.47. The van der Waals surface area contributed by atoms with E-state index >= 15 is 0 Å². The van der Waals surface area contributed by atoms with Crippen molar-refractivity contribution in [1.29, 1.82) is 0 Å². The zero-order chi connectivity index (χ0) is 17.5. The maximum Gasteiger partial charge on any atom is 0.248 e. The first-order valence-electron chi connectivity index (χ1n) is 9.00. The highest BCUT2D eigenvalue weighted by molar-refractivity contribution is 5.96. The second-order valence-electron chi connectivity index (χ2n) is 7.08. The van der Waals surface area contributed by atoms with Crippen LogP contribution in [0.1, 0.15) is 18.2 Å². The quantitative estimate of drug-likeness (QED) is 0.765. The molecule has 1 aromatic carbocycles. The maximum absolute atomic E-state index is 12.7. The van der Waals surface area contributed by atoms with E-state index in [1.165, 1.54) is 5.39 Å². The number of benzene rings is 1. The number of hydrogen-bond donors (Lipinski definition) is 2. The molecule has 26 heavy (non-hydrogen) atoms. The highest BCUT2D eigenvalue weighted by atomic mass is 16.1. The van der Waals surface area contributed by atoms with Crippen LogP contribution in [0, 0.1) is 11.8 Å². The number of carbonyl (C=O) groups excluding carboxylic acids is 1. The van der Waals surface area contributed by atoms with E-state index in [1.54, 1.807) is 6.20 Å². The summed E-state index contributed by atoms with van der Waals surface area (Å²) in [7, 11) is 0. The van der Waals surface area contributed by atoms with Gasteiger partial charge in [0.1, 0.15) is 0 Å². The summed E-state index contributed by atoms with van der Waals surface area (Å²) >= 11 is 0. The average Bonchev–Trinajstić information content (AvgIpc) is 3.33. The smallest absolute Gasteiger partial charge is 0.248 e. The van der Waals surface area contributed by atoms with Crippen molar-refractivity contribution in [1.82, 2.24) is 19.9 Å². The molecule has 0 saturated carbocycles. The molecule has 5 rings (SSSR count). The van der Waals surface area contributed by atoms with Crippen LogP contribution in [0.25, 0.3) is 10.9 Å². The Labute approximate surface area is 151 Å². The van der Waals surface area contributed by atoms with Crippen LogP contribution in [0.15, 0.2) is 72.9 Å². The lowest BCUT2D eigenvalue weighted by Gasteiger charge is -2.40. The molecule has 0 spiro atoms. The molecule has 1 aliphatic carbocycles. The highest BCUT2D eigenvalue weighted by Gasteiger charge is 2.41. The summed E-state index contributed by atoms with van der Waals surface area (Å²) in [4.78, 5) is 20.4. The number of aromatic nitrogens is 3. The number of amides is 1. The van der Waals surface area contributed by atoms with Crippen LogP contribution in [-0.2, 0) is 11.3 Å². The summed E-state index contributed by atoms with van der Waals surface area (Å²) in [6.07, 6.45) is 12.7. The van der Waals surface area contributed by atoms with Gasteiger partial charge in [0.2, 0.25) is 5.91 Å². The van der Waals surface area contributed by atoms with Crippen molar-refractivity contribution < 1.29 is 4.79 Å². The van der Waals surface area contributed by atoms with E-state index < -0.39 is 0 Å². The lowest BCUT2D eigenvalue weighted by molar-refractivity contribution is -0.121. The molecule has 3 aromatic rings. The molecular weight excluding hydrogens is 324 g/mol. The Balaban J connectivity index is 1.57. The van der Waals surface area contributed by atoms with Crippen molar-refractivity contribution in [3.8, 4) is 0 Å². The van der Waals surface area contributed by atoms with Gasteiger partial charge in [-0.15, -0.1) is 0 Å². The number of rotatable bonds is 3. The third-order valence-corrected chi connectivity index (χ3v) is 5.56. The van der Waals surface area contributed by atoms with Gasteiger partial charge < -0.3 is 14.9 Å². The fourth-order valence-corrected chi connectivity index (χ4v) is 4.30. The summed E-state index contributed by atoms with van der Waals surface area (Å²) in [5, 5.41) is 4.42. The standard InChI is InChI=1S/C21H20N4O/c26-21-16-7-3-2-6-15(16)17(12-25-10-9-22-13-25)20(24-21)19-11-14-5-1-4-8-18(14)23-19/h1-5,7-11,13,15,17,20,23H,6,12H2,(H,24,26). The van der Waals surface area contributed by atoms with Crippen molar-refractivity contribution in [2.45, 2.75) is 19.0 Å². The van der Waals surface area contributed by atoms with Gasteiger partial charge >= 0.3 is 0 Å². The number of carbonyl (C=O) groups is 1. The van der Waals surface area contributed by atoms with Gasteiger partial charge in [-0.2, -0.15) is 0 Å². The molecule has 130 valence electrons. The van der Waals surface area contributed by atoms with Crippen LogP contribution in [0.2, 0.25) is 0 Å². The van der Waals surface area contributed by atoms with Gasteiger partial charge in [-0.3, -0.25) is 4.79 Å². The number of H-pyrrole nitrogens is 1. The second-order valence-corrected chi connectivity index (χ2v) is 7.08. The first-order chi connectivity index (χ1) is 12.8. The van der Waals surface area contributed by atoms with Crippen LogP contribution < -0.4 is 5.32 Å². The Bertz CT molecular complexity index is 979. The minimum atomic E-state index is -0.0500.